The van der Waals surface area contributed by atoms with Gasteiger partial charge in [-0.15, -0.1) is 11.3 Å². The number of hydrogen-bond donors (Lipinski definition) is 2. The lowest BCUT2D eigenvalue weighted by molar-refractivity contribution is 0.0702. The van der Waals surface area contributed by atoms with E-state index in [4.69, 9.17) is 10.4 Å². The van der Waals surface area contributed by atoms with Crippen LogP contribution in [0.2, 0.25) is 0 Å². The number of carbonyl (C=O) groups is 1. The molecule has 0 radical (unpaired) electrons. The number of fused-ring (bicyclic) bond motifs is 1. The Bertz CT molecular complexity index is 1080. The summed E-state index contributed by atoms with van der Waals surface area (Å²) in [5.41, 5.74) is 0.345. The number of benzene rings is 1. The molecule has 2 heterocycles. The van der Waals surface area contributed by atoms with Gasteiger partial charge in [-0.2, -0.15) is 5.26 Å². The van der Waals surface area contributed by atoms with Crippen LogP contribution in [-0.4, -0.2) is 20.6 Å². The Morgan fingerprint density at radius 1 is 1.29 bits per heavy atom. The highest BCUT2D eigenvalue weighted by molar-refractivity contribution is 7.20. The second kappa shape index (κ2) is 6.14. The van der Waals surface area contributed by atoms with Crippen molar-refractivity contribution in [2.24, 2.45) is 0 Å². The van der Waals surface area contributed by atoms with Crippen LogP contribution in [0, 0.1) is 11.3 Å². The second-order valence-electron chi connectivity index (χ2n) is 5.10. The van der Waals surface area contributed by atoms with Gasteiger partial charge < -0.3 is 5.11 Å². The Labute approximate surface area is 139 Å². The maximum absolute atomic E-state index is 12.4. The highest BCUT2D eigenvalue weighted by atomic mass is 32.1. The first-order chi connectivity index (χ1) is 11.5. The molecule has 0 atom stereocenters. The van der Waals surface area contributed by atoms with Gasteiger partial charge in [0.2, 0.25) is 0 Å². The van der Waals surface area contributed by atoms with Crippen molar-refractivity contribution in [1.29, 1.82) is 5.26 Å². The minimum absolute atomic E-state index is 0.00240. The van der Waals surface area contributed by atoms with Crippen LogP contribution < -0.4 is 11.2 Å². The molecule has 0 spiro atoms. The standard InChI is InChI=1S/C16H11N3O4S/c17-8-10-3-1-9(2-4-10)5-6-19-14(20)11-7-12(15(21)22)24-13(11)18-16(19)23/h1-4,7H,5-6H2,(H,18,23)(H,21,22). The van der Waals surface area contributed by atoms with Crippen molar-refractivity contribution >= 4 is 27.5 Å². The Hall–Kier alpha value is -3.18. The first kappa shape index (κ1) is 15.7. The molecule has 2 N–H and O–H groups in total. The van der Waals surface area contributed by atoms with Gasteiger partial charge in [-0.3, -0.25) is 14.3 Å². The van der Waals surface area contributed by atoms with Crippen molar-refractivity contribution in [1.82, 2.24) is 9.55 Å². The summed E-state index contributed by atoms with van der Waals surface area (Å²) in [6.45, 7) is 0.161. The number of aryl methyl sites for hydroxylation is 1. The van der Waals surface area contributed by atoms with Crippen molar-refractivity contribution in [3.05, 3.63) is 67.2 Å². The number of nitrogens with one attached hydrogen (secondary N) is 1. The Morgan fingerprint density at radius 2 is 2.00 bits per heavy atom. The molecule has 8 heteroatoms. The van der Waals surface area contributed by atoms with Crippen molar-refractivity contribution < 1.29 is 9.90 Å². The second-order valence-corrected chi connectivity index (χ2v) is 6.16. The largest absolute Gasteiger partial charge is 0.477 e. The highest BCUT2D eigenvalue weighted by Gasteiger charge is 2.14. The smallest absolute Gasteiger partial charge is 0.345 e. The molecular formula is C16H11N3O4S. The summed E-state index contributed by atoms with van der Waals surface area (Å²) < 4.78 is 1.05. The molecule has 0 aliphatic carbocycles. The Kier molecular flexibility index (Phi) is 4.02. The lowest BCUT2D eigenvalue weighted by Crippen LogP contribution is -2.35. The van der Waals surface area contributed by atoms with Gasteiger partial charge in [-0.25, -0.2) is 9.59 Å². The summed E-state index contributed by atoms with van der Waals surface area (Å²) in [6.07, 6.45) is 0.441. The van der Waals surface area contributed by atoms with E-state index in [2.05, 4.69) is 4.98 Å². The van der Waals surface area contributed by atoms with Gasteiger partial charge in [0.05, 0.1) is 17.0 Å². The van der Waals surface area contributed by atoms with E-state index in [1.807, 2.05) is 6.07 Å². The summed E-state index contributed by atoms with van der Waals surface area (Å²) in [6, 6.07) is 10.2. The van der Waals surface area contributed by atoms with E-state index in [1.54, 1.807) is 24.3 Å². The van der Waals surface area contributed by atoms with Crippen LogP contribution in [0.25, 0.3) is 10.2 Å². The summed E-state index contributed by atoms with van der Waals surface area (Å²) >= 11 is 0.862. The fourth-order valence-electron chi connectivity index (χ4n) is 2.34. The van der Waals surface area contributed by atoms with Gasteiger partial charge in [0.1, 0.15) is 9.71 Å². The predicted molar refractivity (Wildman–Crippen MR) is 88.5 cm³/mol. The zero-order chi connectivity index (χ0) is 17.3. The summed E-state index contributed by atoms with van der Waals surface area (Å²) in [5, 5.41) is 18.0. The van der Waals surface area contributed by atoms with E-state index in [1.165, 1.54) is 6.07 Å². The molecule has 0 saturated heterocycles. The summed E-state index contributed by atoms with van der Waals surface area (Å²) in [4.78, 5) is 38.3. The highest BCUT2D eigenvalue weighted by Crippen LogP contribution is 2.19. The molecular weight excluding hydrogens is 330 g/mol. The molecule has 3 aromatic rings. The van der Waals surface area contributed by atoms with Crippen molar-refractivity contribution in [3.63, 3.8) is 0 Å². The lowest BCUT2D eigenvalue weighted by Gasteiger charge is -2.05. The number of aromatic nitrogens is 2. The molecule has 0 bridgehead atoms. The summed E-state index contributed by atoms with van der Waals surface area (Å²) in [5.74, 6) is -1.14. The Balaban J connectivity index is 1.94. The SMILES string of the molecule is N#Cc1ccc(CCn2c(=O)[nH]c3sc(C(=O)O)cc3c2=O)cc1. The van der Waals surface area contributed by atoms with E-state index < -0.39 is 17.2 Å². The average molecular weight is 341 g/mol. The molecule has 3 rings (SSSR count). The number of thiophene rings is 1. The number of nitriles is 1. The van der Waals surface area contributed by atoms with Crippen LogP contribution >= 0.6 is 11.3 Å². The molecule has 0 fully saturated rings. The van der Waals surface area contributed by atoms with Crippen molar-refractivity contribution in [3.8, 4) is 6.07 Å². The quantitative estimate of drug-likeness (QED) is 0.747. The minimum atomic E-state index is -1.14. The van der Waals surface area contributed by atoms with E-state index in [0.29, 0.717) is 12.0 Å². The fourth-order valence-corrected chi connectivity index (χ4v) is 3.22. The molecule has 120 valence electrons. The van der Waals surface area contributed by atoms with Crippen LogP contribution in [0.4, 0.5) is 0 Å². The first-order valence-corrected chi connectivity index (χ1v) is 7.80. The Morgan fingerprint density at radius 3 is 2.62 bits per heavy atom. The van der Waals surface area contributed by atoms with E-state index >= 15 is 0 Å². The van der Waals surface area contributed by atoms with Gasteiger partial charge in [-0.05, 0) is 30.2 Å². The van der Waals surface area contributed by atoms with Crippen LogP contribution in [-0.2, 0) is 13.0 Å². The lowest BCUT2D eigenvalue weighted by atomic mass is 10.1. The number of aromatic carboxylic acids is 1. The van der Waals surface area contributed by atoms with Crippen LogP contribution in [0.5, 0.6) is 0 Å². The number of nitrogens with zero attached hydrogens (tertiary/aromatic N) is 2. The van der Waals surface area contributed by atoms with Gasteiger partial charge in [-0.1, -0.05) is 12.1 Å². The van der Waals surface area contributed by atoms with E-state index in [-0.39, 0.29) is 21.6 Å². The van der Waals surface area contributed by atoms with Crippen LogP contribution in [0.15, 0.2) is 39.9 Å². The molecule has 0 saturated carbocycles. The maximum Gasteiger partial charge on any atom is 0.345 e. The topological polar surface area (TPSA) is 116 Å². The molecule has 24 heavy (non-hydrogen) atoms. The predicted octanol–water partition coefficient (Wildman–Crippen LogP) is 1.56. The zero-order valence-corrected chi connectivity index (χ0v) is 13.1. The molecule has 7 nitrogen and oxygen atoms in total. The number of carboxylic acid groups (broad SMARTS) is 1. The maximum atomic E-state index is 12.4. The number of H-pyrrole nitrogens is 1. The molecule has 0 unspecified atom stereocenters. The third-order valence-electron chi connectivity index (χ3n) is 3.59. The number of rotatable bonds is 4. The van der Waals surface area contributed by atoms with Crippen LogP contribution in [0.1, 0.15) is 20.8 Å². The summed E-state index contributed by atoms with van der Waals surface area (Å²) in [7, 11) is 0. The van der Waals surface area contributed by atoms with Crippen molar-refractivity contribution in [2.45, 2.75) is 13.0 Å². The monoisotopic (exact) mass is 341 g/mol. The van der Waals surface area contributed by atoms with Gasteiger partial charge in [0.25, 0.3) is 5.56 Å². The molecule has 1 aromatic carbocycles. The van der Waals surface area contributed by atoms with Crippen LogP contribution in [0.3, 0.4) is 0 Å². The van der Waals surface area contributed by atoms with Crippen molar-refractivity contribution in [2.75, 3.05) is 0 Å². The molecule has 0 aliphatic rings. The first-order valence-electron chi connectivity index (χ1n) is 6.98. The third-order valence-corrected chi connectivity index (χ3v) is 4.63. The normalized spacial score (nSPS) is 10.6. The average Bonchev–Trinajstić information content (AvgIpc) is 2.99. The van der Waals surface area contributed by atoms with E-state index in [0.717, 1.165) is 21.5 Å². The number of aromatic amines is 1. The van der Waals surface area contributed by atoms with Gasteiger partial charge in [0.15, 0.2) is 0 Å². The number of carboxylic acids is 1. The number of hydrogen-bond acceptors (Lipinski definition) is 5. The van der Waals surface area contributed by atoms with Gasteiger partial charge >= 0.3 is 11.7 Å². The fraction of sp³-hybridized carbons (Fsp3) is 0.125. The molecule has 0 amide bonds. The van der Waals surface area contributed by atoms with E-state index in [9.17, 15) is 14.4 Å². The van der Waals surface area contributed by atoms with Gasteiger partial charge in [0, 0.05) is 6.54 Å². The third kappa shape index (κ3) is 2.85. The molecule has 2 aromatic heterocycles. The minimum Gasteiger partial charge on any atom is -0.477 e. The zero-order valence-electron chi connectivity index (χ0n) is 12.3. The molecule has 0 aliphatic heterocycles.